The van der Waals surface area contributed by atoms with Crippen LogP contribution >= 0.6 is 11.6 Å². The monoisotopic (exact) mass is 311 g/mol. The number of H-pyrrole nitrogens is 1. The molecule has 0 aliphatic carbocycles. The molecule has 0 bridgehead atoms. The number of anilines is 2. The van der Waals surface area contributed by atoms with Crippen LogP contribution in [-0.2, 0) is 0 Å². The lowest BCUT2D eigenvalue weighted by atomic mass is 10.2. The van der Waals surface area contributed by atoms with Gasteiger partial charge in [0.2, 0.25) is 5.69 Å². The van der Waals surface area contributed by atoms with Gasteiger partial charge in [-0.1, -0.05) is 11.6 Å². The third kappa shape index (κ3) is 2.87. The Hall–Kier alpha value is -2.81. The maximum absolute atomic E-state index is 12.0. The Morgan fingerprint density at radius 1 is 1.57 bits per heavy atom. The zero-order chi connectivity index (χ0) is 15.6. The van der Waals surface area contributed by atoms with Crippen molar-refractivity contribution in [2.24, 2.45) is 0 Å². The van der Waals surface area contributed by atoms with Gasteiger partial charge in [-0.3, -0.25) is 20.0 Å². The molecular formula is C11H10ClN5O4. The topological polar surface area (TPSA) is 136 Å². The highest BCUT2D eigenvalue weighted by molar-refractivity contribution is 6.32. The first-order valence-corrected chi connectivity index (χ1v) is 5.94. The summed E-state index contributed by atoms with van der Waals surface area (Å²) in [6.07, 6.45) is 1.01. The number of rotatable bonds is 4. The van der Waals surface area contributed by atoms with Gasteiger partial charge >= 0.3 is 5.69 Å². The molecule has 0 aliphatic rings. The number of carbonyl (C=O) groups is 1. The van der Waals surface area contributed by atoms with Crippen molar-refractivity contribution in [3.8, 4) is 5.75 Å². The minimum Gasteiger partial charge on any atom is -0.495 e. The van der Waals surface area contributed by atoms with Crippen molar-refractivity contribution in [3.63, 3.8) is 0 Å². The predicted molar refractivity (Wildman–Crippen MR) is 75.6 cm³/mol. The lowest BCUT2D eigenvalue weighted by molar-refractivity contribution is -0.385. The number of methoxy groups -OCH3 is 1. The lowest BCUT2D eigenvalue weighted by Crippen LogP contribution is -2.15. The fourth-order valence-corrected chi connectivity index (χ4v) is 1.85. The summed E-state index contributed by atoms with van der Waals surface area (Å²) < 4.78 is 4.98. The molecule has 0 aliphatic heterocycles. The summed E-state index contributed by atoms with van der Waals surface area (Å²) in [5.41, 5.74) is 5.35. The molecule has 0 fully saturated rings. The normalized spacial score (nSPS) is 10.2. The number of amides is 1. The maximum atomic E-state index is 12.0. The maximum Gasteiger partial charge on any atom is 0.319 e. The zero-order valence-electron chi connectivity index (χ0n) is 10.7. The number of nitrogens with one attached hydrogen (secondary N) is 2. The van der Waals surface area contributed by atoms with E-state index in [0.29, 0.717) is 5.75 Å². The van der Waals surface area contributed by atoms with E-state index < -0.39 is 16.5 Å². The second-order valence-electron chi connectivity index (χ2n) is 3.90. The summed E-state index contributed by atoms with van der Waals surface area (Å²) in [5.74, 6) is -0.436. The van der Waals surface area contributed by atoms with Crippen molar-refractivity contribution >= 4 is 34.6 Å². The average molecular weight is 312 g/mol. The van der Waals surface area contributed by atoms with Gasteiger partial charge in [-0.05, 0) is 6.07 Å². The zero-order valence-corrected chi connectivity index (χ0v) is 11.5. The number of ether oxygens (including phenoxy) is 1. The lowest BCUT2D eigenvalue weighted by Gasteiger charge is -2.10. The average Bonchev–Trinajstić information content (AvgIpc) is 2.92. The van der Waals surface area contributed by atoms with Gasteiger partial charge in [0.25, 0.3) is 5.91 Å². The Bertz CT molecular complexity index is 715. The third-order valence-corrected chi connectivity index (χ3v) is 2.90. The minimum atomic E-state index is -0.782. The van der Waals surface area contributed by atoms with Gasteiger partial charge in [-0.25, -0.2) is 0 Å². The van der Waals surface area contributed by atoms with Crippen molar-refractivity contribution in [1.29, 1.82) is 0 Å². The molecule has 0 spiro atoms. The van der Waals surface area contributed by atoms with Gasteiger partial charge in [-0.2, -0.15) is 5.10 Å². The van der Waals surface area contributed by atoms with Gasteiger partial charge in [0, 0.05) is 6.07 Å². The highest BCUT2D eigenvalue weighted by Crippen LogP contribution is 2.33. The van der Waals surface area contributed by atoms with E-state index in [-0.39, 0.29) is 22.1 Å². The molecule has 0 radical (unpaired) electrons. The highest BCUT2D eigenvalue weighted by atomic mass is 35.5. The van der Waals surface area contributed by atoms with Crippen LogP contribution in [0.3, 0.4) is 0 Å². The van der Waals surface area contributed by atoms with Gasteiger partial charge in [0.15, 0.2) is 0 Å². The number of nitrogens with zero attached hydrogens (tertiary/aromatic N) is 2. The number of halogens is 1. The molecule has 0 unspecified atom stereocenters. The highest BCUT2D eigenvalue weighted by Gasteiger charge is 2.24. The first-order chi connectivity index (χ1) is 9.93. The fourth-order valence-electron chi connectivity index (χ4n) is 1.61. The quantitative estimate of drug-likeness (QED) is 0.447. The molecule has 1 aromatic heterocycles. The summed E-state index contributed by atoms with van der Waals surface area (Å²) in [5, 5.41) is 19.2. The molecule has 10 heteroatoms. The molecule has 21 heavy (non-hydrogen) atoms. The van der Waals surface area contributed by atoms with E-state index in [9.17, 15) is 14.9 Å². The predicted octanol–water partition coefficient (Wildman–Crippen LogP) is 1.81. The van der Waals surface area contributed by atoms with Gasteiger partial charge in [0.05, 0.1) is 28.4 Å². The number of nitro groups is 1. The first kappa shape index (κ1) is 14.6. The Labute approximate surface area is 123 Å². The van der Waals surface area contributed by atoms with Crippen molar-refractivity contribution in [1.82, 2.24) is 10.2 Å². The molecule has 9 nitrogen and oxygen atoms in total. The molecule has 0 saturated heterocycles. The van der Waals surface area contributed by atoms with Crippen molar-refractivity contribution in [2.45, 2.75) is 0 Å². The number of nitrogen functional groups attached to an aromatic ring is 1. The molecule has 110 valence electrons. The van der Waals surface area contributed by atoms with E-state index in [1.807, 2.05) is 0 Å². The Morgan fingerprint density at radius 3 is 2.90 bits per heavy atom. The van der Waals surface area contributed by atoms with E-state index in [1.165, 1.54) is 19.2 Å². The van der Waals surface area contributed by atoms with Crippen LogP contribution in [0.5, 0.6) is 5.75 Å². The smallest absolute Gasteiger partial charge is 0.319 e. The Morgan fingerprint density at radius 2 is 2.29 bits per heavy atom. The summed E-state index contributed by atoms with van der Waals surface area (Å²) in [4.78, 5) is 22.0. The number of nitrogens with two attached hydrogens (primary N) is 1. The van der Waals surface area contributed by atoms with Crippen molar-refractivity contribution in [3.05, 3.63) is 39.2 Å². The SMILES string of the molecule is COc1cc(N)c(NC(=O)c2n[nH]cc2[N+](=O)[O-])cc1Cl. The molecule has 2 rings (SSSR count). The van der Waals surface area contributed by atoms with E-state index in [0.717, 1.165) is 6.20 Å². The van der Waals surface area contributed by atoms with Crippen LogP contribution in [0.2, 0.25) is 5.02 Å². The minimum absolute atomic E-state index is 0.197. The molecule has 1 heterocycles. The van der Waals surface area contributed by atoms with Gasteiger partial charge in [-0.15, -0.1) is 0 Å². The molecule has 0 saturated carbocycles. The second-order valence-corrected chi connectivity index (χ2v) is 4.31. The Balaban J connectivity index is 2.30. The van der Waals surface area contributed by atoms with Crippen molar-refractivity contribution in [2.75, 3.05) is 18.2 Å². The number of aromatic nitrogens is 2. The van der Waals surface area contributed by atoms with Crippen LogP contribution in [0.15, 0.2) is 18.3 Å². The third-order valence-electron chi connectivity index (χ3n) is 2.60. The number of carbonyl (C=O) groups excluding carboxylic acids is 1. The van der Waals surface area contributed by atoms with Crippen LogP contribution in [0.25, 0.3) is 0 Å². The largest absolute Gasteiger partial charge is 0.495 e. The van der Waals surface area contributed by atoms with E-state index in [2.05, 4.69) is 15.5 Å². The molecule has 1 amide bonds. The van der Waals surface area contributed by atoms with Crippen LogP contribution < -0.4 is 15.8 Å². The fraction of sp³-hybridized carbons (Fsp3) is 0.0909. The van der Waals surface area contributed by atoms with E-state index in [4.69, 9.17) is 22.1 Å². The Kier molecular flexibility index (Phi) is 3.94. The van der Waals surface area contributed by atoms with E-state index in [1.54, 1.807) is 0 Å². The molecule has 4 N–H and O–H groups in total. The summed E-state index contributed by atoms with van der Waals surface area (Å²) in [6.45, 7) is 0. The number of aromatic amines is 1. The second kappa shape index (κ2) is 5.67. The summed E-state index contributed by atoms with van der Waals surface area (Å²) in [7, 11) is 1.42. The van der Waals surface area contributed by atoms with Gasteiger partial charge in [0.1, 0.15) is 11.9 Å². The molecule has 1 aromatic carbocycles. The number of hydrogen-bond acceptors (Lipinski definition) is 6. The van der Waals surface area contributed by atoms with E-state index >= 15 is 0 Å². The summed E-state index contributed by atoms with van der Waals surface area (Å²) >= 11 is 5.93. The number of benzene rings is 1. The van der Waals surface area contributed by atoms with Crippen molar-refractivity contribution < 1.29 is 14.5 Å². The van der Waals surface area contributed by atoms with Crippen LogP contribution in [-0.4, -0.2) is 28.1 Å². The van der Waals surface area contributed by atoms with Crippen LogP contribution in [0, 0.1) is 10.1 Å². The molecule has 0 atom stereocenters. The molecule has 2 aromatic rings. The number of hydrogen-bond donors (Lipinski definition) is 3. The first-order valence-electron chi connectivity index (χ1n) is 5.56. The molecular weight excluding hydrogens is 302 g/mol. The standard InChI is InChI=1S/C11H10ClN5O4/c1-21-9-3-6(13)7(2-5(9)12)15-11(18)10-8(17(19)20)4-14-16-10/h2-4H,13H2,1H3,(H,14,16)(H,15,18). The van der Waals surface area contributed by atoms with Crippen LogP contribution in [0.1, 0.15) is 10.5 Å². The van der Waals surface area contributed by atoms with Crippen LogP contribution in [0.4, 0.5) is 17.1 Å². The summed E-state index contributed by atoms with van der Waals surface area (Å²) in [6, 6.07) is 2.81. The van der Waals surface area contributed by atoms with Gasteiger partial charge < -0.3 is 15.8 Å².